The molecule has 1 amide bonds. The van der Waals surface area contributed by atoms with Gasteiger partial charge in [-0.2, -0.15) is 0 Å². The van der Waals surface area contributed by atoms with Crippen LogP contribution in [-0.4, -0.2) is 64.8 Å². The Morgan fingerprint density at radius 1 is 1.38 bits per heavy atom. The molecular formula is C15H28N2O4. The summed E-state index contributed by atoms with van der Waals surface area (Å²) >= 11 is 0. The second kappa shape index (κ2) is 6.64. The molecule has 0 bridgehead atoms. The van der Waals surface area contributed by atoms with Gasteiger partial charge in [-0.15, -0.1) is 0 Å². The number of nitrogens with zero attached hydrogens (tertiary/aromatic N) is 2. The molecule has 1 heterocycles. The van der Waals surface area contributed by atoms with Crippen LogP contribution < -0.4 is 0 Å². The number of carboxylic acid groups (broad SMARTS) is 1. The van der Waals surface area contributed by atoms with E-state index in [9.17, 15) is 14.7 Å². The average molecular weight is 300 g/mol. The monoisotopic (exact) mass is 300 g/mol. The highest BCUT2D eigenvalue weighted by Crippen LogP contribution is 2.29. The van der Waals surface area contributed by atoms with Gasteiger partial charge in [-0.1, -0.05) is 6.92 Å². The Hall–Kier alpha value is -1.30. The van der Waals surface area contributed by atoms with E-state index in [0.29, 0.717) is 25.9 Å². The number of hydrogen-bond donors (Lipinski definition) is 1. The van der Waals surface area contributed by atoms with Crippen LogP contribution in [0.25, 0.3) is 0 Å². The summed E-state index contributed by atoms with van der Waals surface area (Å²) in [5.74, 6) is -0.951. The molecule has 1 N–H and O–H groups in total. The van der Waals surface area contributed by atoms with Crippen molar-refractivity contribution in [3.63, 3.8) is 0 Å². The molecule has 21 heavy (non-hydrogen) atoms. The van der Waals surface area contributed by atoms with Crippen LogP contribution in [0.1, 0.15) is 47.0 Å². The summed E-state index contributed by atoms with van der Waals surface area (Å²) in [6, 6.07) is 0. The third-order valence-corrected chi connectivity index (χ3v) is 3.64. The van der Waals surface area contributed by atoms with Crippen LogP contribution >= 0.6 is 0 Å². The largest absolute Gasteiger partial charge is 0.479 e. The topological polar surface area (TPSA) is 70.1 Å². The van der Waals surface area contributed by atoms with Gasteiger partial charge in [-0.25, -0.2) is 9.59 Å². The van der Waals surface area contributed by atoms with Crippen molar-refractivity contribution in [1.82, 2.24) is 9.80 Å². The zero-order chi connectivity index (χ0) is 16.3. The summed E-state index contributed by atoms with van der Waals surface area (Å²) in [4.78, 5) is 27.8. The minimum atomic E-state index is -1.19. The van der Waals surface area contributed by atoms with Gasteiger partial charge in [-0.05, 0) is 53.6 Å². The molecule has 6 heteroatoms. The van der Waals surface area contributed by atoms with Crippen LogP contribution in [0.4, 0.5) is 4.79 Å². The van der Waals surface area contributed by atoms with Gasteiger partial charge in [0.15, 0.2) is 5.54 Å². The second-order valence-corrected chi connectivity index (χ2v) is 6.81. The number of carbonyl (C=O) groups is 2. The lowest BCUT2D eigenvalue weighted by molar-refractivity contribution is -0.155. The minimum absolute atomic E-state index is 0.335. The summed E-state index contributed by atoms with van der Waals surface area (Å²) in [5.41, 5.74) is -1.82. The third kappa shape index (κ3) is 4.33. The zero-order valence-electron chi connectivity index (χ0n) is 13.8. The fourth-order valence-electron chi connectivity index (χ4n) is 2.78. The van der Waals surface area contributed by atoms with E-state index in [1.807, 2.05) is 18.9 Å². The van der Waals surface area contributed by atoms with E-state index < -0.39 is 23.2 Å². The van der Waals surface area contributed by atoms with E-state index >= 15 is 0 Å². The van der Waals surface area contributed by atoms with E-state index in [-0.39, 0.29) is 0 Å². The molecule has 0 aromatic rings. The predicted octanol–water partition coefficient (Wildman–Crippen LogP) is 2.18. The summed E-state index contributed by atoms with van der Waals surface area (Å²) < 4.78 is 5.42. The Morgan fingerprint density at radius 2 is 2.00 bits per heavy atom. The number of amides is 1. The number of carboxylic acids is 1. The molecule has 0 aromatic carbocycles. The van der Waals surface area contributed by atoms with Crippen LogP contribution in [-0.2, 0) is 9.53 Å². The third-order valence-electron chi connectivity index (χ3n) is 3.64. The summed E-state index contributed by atoms with van der Waals surface area (Å²) in [7, 11) is 1.88. The molecule has 0 aromatic heterocycles. The van der Waals surface area contributed by atoms with Crippen LogP contribution in [0.2, 0.25) is 0 Å². The normalized spacial score (nSPS) is 23.7. The van der Waals surface area contributed by atoms with E-state index in [2.05, 4.69) is 0 Å². The number of aliphatic carboxylic acids is 1. The molecule has 0 saturated carbocycles. The van der Waals surface area contributed by atoms with Crippen molar-refractivity contribution in [3.8, 4) is 0 Å². The number of ether oxygens (including phenoxy) is 1. The molecule has 1 saturated heterocycles. The van der Waals surface area contributed by atoms with Gasteiger partial charge in [0, 0.05) is 13.1 Å². The molecule has 1 fully saturated rings. The van der Waals surface area contributed by atoms with E-state index in [1.54, 1.807) is 20.8 Å². The highest BCUT2D eigenvalue weighted by molar-refractivity contribution is 5.85. The van der Waals surface area contributed by atoms with Gasteiger partial charge in [0.1, 0.15) is 5.60 Å². The van der Waals surface area contributed by atoms with Crippen LogP contribution in [0.3, 0.4) is 0 Å². The predicted molar refractivity (Wildman–Crippen MR) is 80.3 cm³/mol. The van der Waals surface area contributed by atoms with Crippen molar-refractivity contribution in [1.29, 1.82) is 0 Å². The van der Waals surface area contributed by atoms with Gasteiger partial charge in [-0.3, -0.25) is 4.90 Å². The molecule has 6 nitrogen and oxygen atoms in total. The van der Waals surface area contributed by atoms with Crippen LogP contribution in [0.15, 0.2) is 0 Å². The van der Waals surface area contributed by atoms with Gasteiger partial charge in [0.2, 0.25) is 0 Å². The molecule has 0 aliphatic carbocycles. The van der Waals surface area contributed by atoms with Crippen molar-refractivity contribution < 1.29 is 19.4 Å². The fourth-order valence-corrected chi connectivity index (χ4v) is 2.78. The van der Waals surface area contributed by atoms with Crippen LogP contribution in [0.5, 0.6) is 0 Å². The maximum atomic E-state index is 12.5. The summed E-state index contributed by atoms with van der Waals surface area (Å²) in [6.45, 7) is 8.86. The Morgan fingerprint density at radius 3 is 2.43 bits per heavy atom. The molecular weight excluding hydrogens is 272 g/mol. The summed E-state index contributed by atoms with van der Waals surface area (Å²) in [6.07, 6.45) is 1.37. The molecule has 0 radical (unpaired) electrons. The van der Waals surface area contributed by atoms with E-state index in [4.69, 9.17) is 4.74 Å². The first kappa shape index (κ1) is 17.8. The van der Waals surface area contributed by atoms with Gasteiger partial charge in [0.05, 0.1) is 0 Å². The molecule has 0 spiro atoms. The van der Waals surface area contributed by atoms with E-state index in [0.717, 1.165) is 13.0 Å². The molecule has 1 aliphatic heterocycles. The van der Waals surface area contributed by atoms with Gasteiger partial charge >= 0.3 is 12.1 Å². The fraction of sp³-hybridized carbons (Fsp3) is 0.867. The second-order valence-electron chi connectivity index (χ2n) is 6.81. The maximum Gasteiger partial charge on any atom is 0.411 e. The molecule has 1 aliphatic rings. The lowest BCUT2D eigenvalue weighted by Crippen LogP contribution is -2.65. The first-order chi connectivity index (χ1) is 9.62. The van der Waals surface area contributed by atoms with Crippen molar-refractivity contribution in [2.24, 2.45) is 0 Å². The van der Waals surface area contributed by atoms with Crippen molar-refractivity contribution in [2.75, 3.05) is 26.7 Å². The lowest BCUT2D eigenvalue weighted by atomic mass is 9.87. The summed E-state index contributed by atoms with van der Waals surface area (Å²) in [5, 5.41) is 9.77. The SMILES string of the molecule is CCCN(C(=O)OC(C)(C)C)C1(C(=O)O)CCCN(C)C1. The standard InChI is InChI=1S/C15H28N2O4/c1-6-9-17(13(20)21-14(2,3)4)15(12(18)19)8-7-10-16(5)11-15/h6-11H2,1-5H3,(H,18,19). The average Bonchev–Trinajstić information content (AvgIpc) is 2.33. The van der Waals surface area contributed by atoms with Gasteiger partial charge in [0.25, 0.3) is 0 Å². The van der Waals surface area contributed by atoms with Crippen molar-refractivity contribution >= 4 is 12.1 Å². The number of likely N-dealkylation sites (tertiary alicyclic amines) is 1. The van der Waals surface area contributed by atoms with Crippen molar-refractivity contribution in [2.45, 2.75) is 58.1 Å². The molecule has 1 unspecified atom stereocenters. The maximum absolute atomic E-state index is 12.5. The number of rotatable bonds is 4. The van der Waals surface area contributed by atoms with E-state index in [1.165, 1.54) is 4.90 Å². The van der Waals surface area contributed by atoms with Crippen molar-refractivity contribution in [3.05, 3.63) is 0 Å². The molecule has 122 valence electrons. The Labute approximate surface area is 127 Å². The molecule has 1 rings (SSSR count). The number of likely N-dealkylation sites (N-methyl/N-ethyl adjacent to an activating group) is 1. The quantitative estimate of drug-likeness (QED) is 0.861. The first-order valence-corrected chi connectivity index (χ1v) is 7.55. The van der Waals surface area contributed by atoms with Crippen LogP contribution in [0, 0.1) is 0 Å². The minimum Gasteiger partial charge on any atom is -0.479 e. The zero-order valence-corrected chi connectivity index (χ0v) is 13.8. The smallest absolute Gasteiger partial charge is 0.411 e. The Balaban J connectivity index is 3.09. The first-order valence-electron chi connectivity index (χ1n) is 7.55. The van der Waals surface area contributed by atoms with Gasteiger partial charge < -0.3 is 14.7 Å². The molecule has 1 atom stereocenters. The number of piperidine rings is 1. The Kier molecular flexibility index (Phi) is 5.61. The number of hydrogen-bond acceptors (Lipinski definition) is 4. The highest BCUT2D eigenvalue weighted by Gasteiger charge is 2.49. The lowest BCUT2D eigenvalue weighted by Gasteiger charge is -2.45. The number of carbonyl (C=O) groups excluding carboxylic acids is 1. The Bertz CT molecular complexity index is 392. The highest BCUT2D eigenvalue weighted by atomic mass is 16.6.